The number of aliphatic carboxylic acids is 1. The maximum absolute atomic E-state index is 11.9. The third-order valence-electron chi connectivity index (χ3n) is 3.08. The van der Waals surface area contributed by atoms with Crippen molar-refractivity contribution < 1.29 is 18.3 Å². The topological polar surface area (TPSA) is 86.7 Å². The van der Waals surface area contributed by atoms with Crippen LogP contribution in [0, 0.1) is 5.92 Å². The molecule has 1 heterocycles. The molecule has 0 spiro atoms. The highest BCUT2D eigenvalue weighted by atomic mass is 32.2. The van der Waals surface area contributed by atoms with E-state index >= 15 is 0 Å². The first-order valence-electron chi connectivity index (χ1n) is 5.87. The standard InChI is InChI=1S/C10H20N2O4S/c1-3-9(10(13)14)11-17(15,16)12-6-4-8(2)5-7-12/h8-9,11H,3-7H2,1-2H3,(H,13,14)/t9-/m0/s1. The first-order chi connectivity index (χ1) is 7.86. The van der Waals surface area contributed by atoms with E-state index in [0.717, 1.165) is 12.8 Å². The van der Waals surface area contributed by atoms with E-state index in [4.69, 9.17) is 5.11 Å². The smallest absolute Gasteiger partial charge is 0.321 e. The molecule has 1 atom stereocenters. The minimum absolute atomic E-state index is 0.235. The molecule has 0 aromatic rings. The minimum atomic E-state index is -3.66. The Morgan fingerprint density at radius 2 is 2.00 bits per heavy atom. The molecule has 6 nitrogen and oxygen atoms in total. The maximum atomic E-state index is 11.9. The summed E-state index contributed by atoms with van der Waals surface area (Å²) in [6.45, 7) is 4.65. The number of hydrogen-bond acceptors (Lipinski definition) is 3. The molecule has 0 bridgehead atoms. The number of carboxylic acids is 1. The van der Waals surface area contributed by atoms with Gasteiger partial charge in [0, 0.05) is 13.1 Å². The second-order valence-corrected chi connectivity index (χ2v) is 6.21. The lowest BCUT2D eigenvalue weighted by molar-refractivity contribution is -0.139. The molecule has 2 N–H and O–H groups in total. The highest BCUT2D eigenvalue weighted by Gasteiger charge is 2.30. The third kappa shape index (κ3) is 3.93. The van der Waals surface area contributed by atoms with Crippen LogP contribution in [0.25, 0.3) is 0 Å². The van der Waals surface area contributed by atoms with E-state index in [1.165, 1.54) is 4.31 Å². The van der Waals surface area contributed by atoms with Gasteiger partial charge in [-0.05, 0) is 25.2 Å². The summed E-state index contributed by atoms with van der Waals surface area (Å²) in [4.78, 5) is 10.8. The SMILES string of the molecule is CC[C@H](NS(=O)(=O)N1CCC(C)CC1)C(=O)O. The molecule has 1 saturated heterocycles. The number of carboxylic acid groups (broad SMARTS) is 1. The zero-order valence-corrected chi connectivity index (χ0v) is 11.0. The maximum Gasteiger partial charge on any atom is 0.321 e. The second-order valence-electron chi connectivity index (χ2n) is 4.50. The van der Waals surface area contributed by atoms with Crippen molar-refractivity contribution in [2.24, 2.45) is 5.92 Å². The lowest BCUT2D eigenvalue weighted by Crippen LogP contribution is -2.50. The van der Waals surface area contributed by atoms with Gasteiger partial charge < -0.3 is 5.11 Å². The highest BCUT2D eigenvalue weighted by Crippen LogP contribution is 2.18. The van der Waals surface area contributed by atoms with Crippen molar-refractivity contribution in [3.8, 4) is 0 Å². The summed E-state index contributed by atoms with van der Waals surface area (Å²) in [5, 5.41) is 8.83. The Morgan fingerprint density at radius 1 is 1.47 bits per heavy atom. The van der Waals surface area contributed by atoms with E-state index in [2.05, 4.69) is 11.6 Å². The Kier molecular flexibility index (Phi) is 4.91. The Hall–Kier alpha value is -0.660. The monoisotopic (exact) mass is 264 g/mol. The van der Waals surface area contributed by atoms with Crippen LogP contribution in [0.5, 0.6) is 0 Å². The quantitative estimate of drug-likeness (QED) is 0.753. The summed E-state index contributed by atoms with van der Waals surface area (Å²) < 4.78 is 27.4. The van der Waals surface area contributed by atoms with Gasteiger partial charge in [-0.3, -0.25) is 4.79 Å². The third-order valence-corrected chi connectivity index (χ3v) is 4.71. The Balaban J connectivity index is 2.65. The van der Waals surface area contributed by atoms with Crippen molar-refractivity contribution in [1.82, 2.24) is 9.03 Å². The Labute approximate surface area is 102 Å². The van der Waals surface area contributed by atoms with Crippen LogP contribution < -0.4 is 4.72 Å². The predicted octanol–water partition coefficient (Wildman–Crippen LogP) is 0.416. The van der Waals surface area contributed by atoms with E-state index in [1.54, 1.807) is 6.92 Å². The van der Waals surface area contributed by atoms with Crippen molar-refractivity contribution in [1.29, 1.82) is 0 Å². The van der Waals surface area contributed by atoms with E-state index in [1.807, 2.05) is 0 Å². The average molecular weight is 264 g/mol. The van der Waals surface area contributed by atoms with Crippen LogP contribution in [0.4, 0.5) is 0 Å². The molecule has 0 radical (unpaired) electrons. The second kappa shape index (κ2) is 5.79. The summed E-state index contributed by atoms with van der Waals surface area (Å²) in [5.41, 5.74) is 0. The molecule has 1 fully saturated rings. The normalized spacial score (nSPS) is 21.3. The number of hydrogen-bond donors (Lipinski definition) is 2. The number of rotatable bonds is 5. The fraction of sp³-hybridized carbons (Fsp3) is 0.900. The van der Waals surface area contributed by atoms with Gasteiger partial charge in [-0.2, -0.15) is 17.4 Å². The predicted molar refractivity (Wildman–Crippen MR) is 63.7 cm³/mol. The van der Waals surface area contributed by atoms with Crippen LogP contribution in [0.3, 0.4) is 0 Å². The average Bonchev–Trinajstić information content (AvgIpc) is 2.26. The van der Waals surface area contributed by atoms with Crippen molar-refractivity contribution in [3.63, 3.8) is 0 Å². The molecule has 100 valence electrons. The first kappa shape index (κ1) is 14.4. The number of nitrogens with zero attached hydrogens (tertiary/aromatic N) is 1. The van der Waals surface area contributed by atoms with Gasteiger partial charge in [-0.25, -0.2) is 0 Å². The molecule has 0 aromatic heterocycles. The van der Waals surface area contributed by atoms with Crippen molar-refractivity contribution >= 4 is 16.2 Å². The minimum Gasteiger partial charge on any atom is -0.480 e. The van der Waals surface area contributed by atoms with Gasteiger partial charge in [0.15, 0.2) is 0 Å². The van der Waals surface area contributed by atoms with Crippen LogP contribution in [0.2, 0.25) is 0 Å². The lowest BCUT2D eigenvalue weighted by atomic mass is 10.0. The van der Waals surface area contributed by atoms with E-state index in [-0.39, 0.29) is 6.42 Å². The van der Waals surface area contributed by atoms with Crippen molar-refractivity contribution in [2.75, 3.05) is 13.1 Å². The largest absolute Gasteiger partial charge is 0.480 e. The van der Waals surface area contributed by atoms with E-state index in [9.17, 15) is 13.2 Å². The molecular formula is C10H20N2O4S. The van der Waals surface area contributed by atoms with Gasteiger partial charge >= 0.3 is 5.97 Å². The van der Waals surface area contributed by atoms with Gasteiger partial charge in [-0.1, -0.05) is 13.8 Å². The molecule has 17 heavy (non-hydrogen) atoms. The molecule has 0 amide bonds. The molecular weight excluding hydrogens is 244 g/mol. The zero-order valence-electron chi connectivity index (χ0n) is 10.2. The molecule has 1 rings (SSSR count). The summed E-state index contributed by atoms with van der Waals surface area (Å²) in [6.07, 6.45) is 1.88. The highest BCUT2D eigenvalue weighted by molar-refractivity contribution is 7.87. The Morgan fingerprint density at radius 3 is 2.41 bits per heavy atom. The van der Waals surface area contributed by atoms with Gasteiger partial charge in [0.2, 0.25) is 0 Å². The molecule has 7 heteroatoms. The lowest BCUT2D eigenvalue weighted by Gasteiger charge is -2.30. The van der Waals surface area contributed by atoms with Gasteiger partial charge in [0.05, 0.1) is 0 Å². The van der Waals surface area contributed by atoms with Crippen LogP contribution in [-0.4, -0.2) is 42.9 Å². The van der Waals surface area contributed by atoms with Gasteiger partial charge in [0.25, 0.3) is 10.2 Å². The van der Waals surface area contributed by atoms with Crippen LogP contribution >= 0.6 is 0 Å². The van der Waals surface area contributed by atoms with Gasteiger partial charge in [-0.15, -0.1) is 0 Å². The molecule has 0 aromatic carbocycles. The first-order valence-corrected chi connectivity index (χ1v) is 7.31. The summed E-state index contributed by atoms with van der Waals surface area (Å²) in [5.74, 6) is -0.607. The fourth-order valence-corrected chi connectivity index (χ4v) is 3.26. The summed E-state index contributed by atoms with van der Waals surface area (Å²) in [6, 6.07) is -1.04. The van der Waals surface area contributed by atoms with Crippen LogP contribution in [0.15, 0.2) is 0 Å². The van der Waals surface area contributed by atoms with Crippen LogP contribution in [-0.2, 0) is 15.0 Å². The number of carbonyl (C=O) groups is 1. The Bertz CT molecular complexity index is 361. The zero-order chi connectivity index (χ0) is 13.1. The van der Waals surface area contributed by atoms with Crippen molar-refractivity contribution in [3.05, 3.63) is 0 Å². The molecule has 1 aliphatic rings. The van der Waals surface area contributed by atoms with Crippen LogP contribution in [0.1, 0.15) is 33.1 Å². The summed E-state index contributed by atoms with van der Waals surface area (Å²) >= 11 is 0. The van der Waals surface area contributed by atoms with Gasteiger partial charge in [0.1, 0.15) is 6.04 Å². The molecule has 0 unspecified atom stereocenters. The fourth-order valence-electron chi connectivity index (χ4n) is 1.79. The number of piperidine rings is 1. The molecule has 1 aliphatic heterocycles. The van der Waals surface area contributed by atoms with Crippen molar-refractivity contribution in [2.45, 2.75) is 39.2 Å². The van der Waals surface area contributed by atoms with E-state index in [0.29, 0.717) is 19.0 Å². The van der Waals surface area contributed by atoms with E-state index < -0.39 is 22.2 Å². The summed E-state index contributed by atoms with van der Waals surface area (Å²) in [7, 11) is -3.66. The molecule has 0 saturated carbocycles. The number of nitrogens with one attached hydrogen (secondary N) is 1. The molecule has 0 aliphatic carbocycles.